The van der Waals surface area contributed by atoms with Crippen LogP contribution in [0.3, 0.4) is 0 Å². The van der Waals surface area contributed by atoms with Crippen molar-refractivity contribution >= 4 is 27.3 Å². The highest BCUT2D eigenvalue weighted by Gasteiger charge is 2.34. The zero-order chi connectivity index (χ0) is 14.1. The average molecular weight is 305 g/mol. The first kappa shape index (κ1) is 14.4. The summed E-state index contributed by atoms with van der Waals surface area (Å²) in [6.45, 7) is 2.79. The minimum absolute atomic E-state index is 0.164. The van der Waals surface area contributed by atoms with Crippen molar-refractivity contribution in [3.63, 3.8) is 0 Å². The van der Waals surface area contributed by atoms with Crippen LogP contribution in [-0.2, 0) is 14.8 Å². The van der Waals surface area contributed by atoms with E-state index in [1.165, 1.54) is 11.4 Å². The third-order valence-corrected chi connectivity index (χ3v) is 5.80. The number of carboxylic acid groups (broad SMARTS) is 1. The highest BCUT2D eigenvalue weighted by Crippen LogP contribution is 2.26. The van der Waals surface area contributed by atoms with Crippen LogP contribution in [0.5, 0.6) is 0 Å². The standard InChI is InChI=1S/C11H15NO5S2/c1-11(3-5-17-6-4-11)12-19(15,16)8-2-7-18-9(8)10(13)14/h2,7,12H,3-6H2,1H3,(H,13,14). The second-order valence-electron chi connectivity index (χ2n) is 4.70. The van der Waals surface area contributed by atoms with E-state index in [4.69, 9.17) is 9.84 Å². The molecule has 0 spiro atoms. The summed E-state index contributed by atoms with van der Waals surface area (Å²) < 4.78 is 32.4. The van der Waals surface area contributed by atoms with E-state index in [0.29, 0.717) is 26.1 Å². The van der Waals surface area contributed by atoms with Gasteiger partial charge >= 0.3 is 5.97 Å². The molecule has 1 saturated heterocycles. The van der Waals surface area contributed by atoms with Gasteiger partial charge in [-0.1, -0.05) is 0 Å². The van der Waals surface area contributed by atoms with Crippen molar-refractivity contribution < 1.29 is 23.1 Å². The molecule has 0 bridgehead atoms. The summed E-state index contributed by atoms with van der Waals surface area (Å²) in [6.07, 6.45) is 1.14. The number of sulfonamides is 1. The molecule has 2 N–H and O–H groups in total. The van der Waals surface area contributed by atoms with Crippen LogP contribution in [0.4, 0.5) is 0 Å². The first-order chi connectivity index (χ1) is 8.84. The molecule has 0 aliphatic carbocycles. The van der Waals surface area contributed by atoms with Crippen molar-refractivity contribution in [2.24, 2.45) is 0 Å². The molecule has 1 aromatic heterocycles. The summed E-state index contributed by atoms with van der Waals surface area (Å²) >= 11 is 0.902. The summed E-state index contributed by atoms with van der Waals surface area (Å²) in [5, 5.41) is 10.4. The highest BCUT2D eigenvalue weighted by atomic mass is 32.2. The van der Waals surface area contributed by atoms with Crippen molar-refractivity contribution in [3.8, 4) is 0 Å². The Morgan fingerprint density at radius 3 is 2.68 bits per heavy atom. The number of carboxylic acids is 1. The molecule has 8 heteroatoms. The average Bonchev–Trinajstić information content (AvgIpc) is 2.78. The lowest BCUT2D eigenvalue weighted by Gasteiger charge is -2.33. The van der Waals surface area contributed by atoms with Gasteiger partial charge in [0.25, 0.3) is 0 Å². The second kappa shape index (κ2) is 5.20. The predicted octanol–water partition coefficient (Wildman–Crippen LogP) is 1.29. The van der Waals surface area contributed by atoms with Crippen LogP contribution in [0.1, 0.15) is 29.4 Å². The van der Waals surface area contributed by atoms with E-state index in [-0.39, 0.29) is 9.77 Å². The first-order valence-electron chi connectivity index (χ1n) is 5.77. The largest absolute Gasteiger partial charge is 0.477 e. The maximum Gasteiger partial charge on any atom is 0.347 e. The molecule has 2 rings (SSSR count). The molecule has 6 nitrogen and oxygen atoms in total. The molecule has 0 atom stereocenters. The van der Waals surface area contributed by atoms with Crippen LogP contribution in [-0.4, -0.2) is 38.2 Å². The molecule has 0 saturated carbocycles. The smallest absolute Gasteiger partial charge is 0.347 e. The van der Waals surface area contributed by atoms with E-state index < -0.39 is 21.5 Å². The minimum atomic E-state index is -3.83. The Hall–Kier alpha value is -0.960. The number of thiophene rings is 1. The molecule has 2 heterocycles. The molecule has 0 radical (unpaired) electrons. The monoisotopic (exact) mass is 305 g/mol. The lowest BCUT2D eigenvalue weighted by molar-refractivity contribution is 0.0537. The Morgan fingerprint density at radius 1 is 1.47 bits per heavy atom. The second-order valence-corrected chi connectivity index (χ2v) is 7.26. The number of nitrogens with one attached hydrogen (secondary N) is 1. The van der Waals surface area contributed by atoms with Crippen molar-refractivity contribution in [1.82, 2.24) is 4.72 Å². The number of rotatable bonds is 4. The Balaban J connectivity index is 2.27. The van der Waals surface area contributed by atoms with Crippen LogP contribution in [0, 0.1) is 0 Å². The van der Waals surface area contributed by atoms with Crippen LogP contribution in [0.25, 0.3) is 0 Å². The summed E-state index contributed by atoms with van der Waals surface area (Å²) in [4.78, 5) is 10.7. The Kier molecular flexibility index (Phi) is 3.95. The Labute approximate surface area is 115 Å². The predicted molar refractivity (Wildman–Crippen MR) is 70.1 cm³/mol. The third-order valence-electron chi connectivity index (χ3n) is 3.09. The minimum Gasteiger partial charge on any atom is -0.477 e. The van der Waals surface area contributed by atoms with E-state index in [1.807, 2.05) is 0 Å². The number of hydrogen-bond acceptors (Lipinski definition) is 5. The zero-order valence-electron chi connectivity index (χ0n) is 10.4. The van der Waals surface area contributed by atoms with Crippen LogP contribution in [0.2, 0.25) is 0 Å². The van der Waals surface area contributed by atoms with Crippen molar-refractivity contribution in [1.29, 1.82) is 0 Å². The van der Waals surface area contributed by atoms with Crippen molar-refractivity contribution in [2.45, 2.75) is 30.2 Å². The number of ether oxygens (including phenoxy) is 1. The molecule has 1 aliphatic rings. The van der Waals surface area contributed by atoms with Gasteiger partial charge in [0.05, 0.1) is 0 Å². The Morgan fingerprint density at radius 2 is 2.11 bits per heavy atom. The molecule has 1 aliphatic heterocycles. The van der Waals surface area contributed by atoms with E-state index in [0.717, 1.165) is 11.3 Å². The van der Waals surface area contributed by atoms with Gasteiger partial charge in [-0.3, -0.25) is 0 Å². The lowest BCUT2D eigenvalue weighted by Crippen LogP contribution is -2.49. The fourth-order valence-electron chi connectivity index (χ4n) is 1.97. The topological polar surface area (TPSA) is 92.7 Å². The maximum absolute atomic E-state index is 12.3. The Bertz CT molecular complexity index is 572. The normalized spacial score (nSPS) is 19.2. The van der Waals surface area contributed by atoms with Crippen LogP contribution in [0.15, 0.2) is 16.3 Å². The molecule has 1 aromatic rings. The van der Waals surface area contributed by atoms with Gasteiger partial charge in [0, 0.05) is 18.8 Å². The molecule has 1 fully saturated rings. The number of hydrogen-bond donors (Lipinski definition) is 2. The van der Waals surface area contributed by atoms with Gasteiger partial charge in [0.15, 0.2) is 0 Å². The SMILES string of the molecule is CC1(NS(=O)(=O)c2ccsc2C(=O)O)CCOCC1. The molecule has 0 unspecified atom stereocenters. The first-order valence-corrected chi connectivity index (χ1v) is 8.13. The van der Waals surface area contributed by atoms with Crippen LogP contribution < -0.4 is 4.72 Å². The summed E-state index contributed by atoms with van der Waals surface area (Å²) in [5.74, 6) is -1.23. The quantitative estimate of drug-likeness (QED) is 0.874. The molecule has 0 amide bonds. The third kappa shape index (κ3) is 3.14. The van der Waals surface area contributed by atoms with Crippen LogP contribution >= 0.6 is 11.3 Å². The molecular formula is C11H15NO5S2. The van der Waals surface area contributed by atoms with Crippen molar-refractivity contribution in [2.75, 3.05) is 13.2 Å². The van der Waals surface area contributed by atoms with E-state index >= 15 is 0 Å². The molecule has 19 heavy (non-hydrogen) atoms. The number of carbonyl (C=O) groups is 1. The molecular weight excluding hydrogens is 290 g/mol. The van der Waals surface area contributed by atoms with E-state index in [1.54, 1.807) is 6.92 Å². The molecule has 106 valence electrons. The van der Waals surface area contributed by atoms with Gasteiger partial charge in [-0.2, -0.15) is 0 Å². The lowest BCUT2D eigenvalue weighted by atomic mass is 9.94. The number of aromatic carboxylic acids is 1. The van der Waals surface area contributed by atoms with Gasteiger partial charge in [-0.15, -0.1) is 11.3 Å². The van der Waals surface area contributed by atoms with Gasteiger partial charge in [-0.25, -0.2) is 17.9 Å². The zero-order valence-corrected chi connectivity index (χ0v) is 12.0. The summed E-state index contributed by atoms with van der Waals surface area (Å²) in [5.41, 5.74) is -0.588. The van der Waals surface area contributed by atoms with Crippen molar-refractivity contribution in [3.05, 3.63) is 16.3 Å². The summed E-state index contributed by atoms with van der Waals surface area (Å²) in [7, 11) is -3.83. The molecule has 0 aromatic carbocycles. The van der Waals surface area contributed by atoms with Gasteiger partial charge in [0.1, 0.15) is 9.77 Å². The van der Waals surface area contributed by atoms with Gasteiger partial charge in [0.2, 0.25) is 10.0 Å². The fraction of sp³-hybridized carbons (Fsp3) is 0.545. The van der Waals surface area contributed by atoms with E-state index in [9.17, 15) is 13.2 Å². The summed E-state index contributed by atoms with van der Waals surface area (Å²) in [6, 6.07) is 1.32. The highest BCUT2D eigenvalue weighted by molar-refractivity contribution is 7.89. The van der Waals surface area contributed by atoms with Gasteiger partial charge < -0.3 is 9.84 Å². The van der Waals surface area contributed by atoms with Gasteiger partial charge in [-0.05, 0) is 31.2 Å². The van der Waals surface area contributed by atoms with E-state index in [2.05, 4.69) is 4.72 Å². The fourth-order valence-corrected chi connectivity index (χ4v) is 4.69. The maximum atomic E-state index is 12.3.